The number of ether oxygens (including phenoxy) is 1. The average Bonchev–Trinajstić information content (AvgIpc) is 2.27. The monoisotopic (exact) mass is 297 g/mol. The predicted molar refractivity (Wildman–Crippen MR) is 70.4 cm³/mol. The van der Waals surface area contributed by atoms with Crippen molar-refractivity contribution in [3.05, 3.63) is 28.2 Å². The molecule has 0 unspecified atom stereocenters. The third kappa shape index (κ3) is 3.07. The molecule has 2 rings (SSSR count). The fourth-order valence-corrected chi connectivity index (χ4v) is 2.18. The Bertz CT molecular complexity index is 416. The highest BCUT2D eigenvalue weighted by molar-refractivity contribution is 9.10. The summed E-state index contributed by atoms with van der Waals surface area (Å²) in [6, 6.07) is 5.47. The van der Waals surface area contributed by atoms with Crippen LogP contribution < -0.4 is 10.5 Å². The van der Waals surface area contributed by atoms with Crippen LogP contribution in [0.1, 0.15) is 29.6 Å². The van der Waals surface area contributed by atoms with Crippen molar-refractivity contribution in [2.24, 2.45) is 11.7 Å². The van der Waals surface area contributed by atoms with Crippen LogP contribution in [0.2, 0.25) is 0 Å². The Balaban J connectivity index is 2.10. The lowest BCUT2D eigenvalue weighted by Crippen LogP contribution is -2.21. The normalized spacial score (nSPS) is 15.4. The van der Waals surface area contributed by atoms with Crippen molar-refractivity contribution in [2.75, 3.05) is 13.2 Å². The van der Waals surface area contributed by atoms with E-state index in [1.165, 1.54) is 19.3 Å². The summed E-state index contributed by atoms with van der Waals surface area (Å²) in [5.41, 5.74) is 5.97. The second-order valence-corrected chi connectivity index (χ2v) is 5.29. The maximum atomic E-state index is 11.7. The fourth-order valence-electron chi connectivity index (χ4n) is 1.82. The third-order valence-corrected chi connectivity index (χ3v) is 3.62. The average molecular weight is 298 g/mol. The first-order chi connectivity index (χ1) is 8.20. The Kier molecular flexibility index (Phi) is 4.18. The van der Waals surface area contributed by atoms with Gasteiger partial charge in [-0.3, -0.25) is 4.79 Å². The summed E-state index contributed by atoms with van der Waals surface area (Å²) < 4.78 is 6.59. The molecule has 1 aromatic carbocycles. The third-order valence-electron chi connectivity index (χ3n) is 3.13. The van der Waals surface area contributed by atoms with Crippen LogP contribution in [0.15, 0.2) is 22.7 Å². The zero-order valence-electron chi connectivity index (χ0n) is 9.62. The molecule has 0 spiro atoms. The largest absolute Gasteiger partial charge is 0.493 e. The van der Waals surface area contributed by atoms with E-state index in [0.29, 0.717) is 23.8 Å². The van der Waals surface area contributed by atoms with Crippen LogP contribution in [0.25, 0.3) is 0 Å². The van der Waals surface area contributed by atoms with Crippen LogP contribution >= 0.6 is 15.9 Å². The Morgan fingerprint density at radius 2 is 2.24 bits per heavy atom. The standard InChI is InChI=1S/C13H16BrNO2/c14-10-4-5-13(11(6-10)12(16)7-15)17-8-9-2-1-3-9/h4-6,9H,1-3,7-8,15H2. The number of hydrogen-bond donors (Lipinski definition) is 1. The summed E-state index contributed by atoms with van der Waals surface area (Å²) in [7, 11) is 0. The van der Waals surface area contributed by atoms with Gasteiger partial charge in [-0.25, -0.2) is 0 Å². The molecule has 0 saturated heterocycles. The number of Topliss-reactive ketones (excluding diaryl/α,β-unsaturated/α-hetero) is 1. The van der Waals surface area contributed by atoms with Crippen molar-refractivity contribution in [2.45, 2.75) is 19.3 Å². The quantitative estimate of drug-likeness (QED) is 0.850. The summed E-state index contributed by atoms with van der Waals surface area (Å²) in [5.74, 6) is 1.21. The molecule has 0 amide bonds. The van der Waals surface area contributed by atoms with E-state index in [1.54, 1.807) is 6.07 Å². The molecule has 17 heavy (non-hydrogen) atoms. The van der Waals surface area contributed by atoms with Crippen molar-refractivity contribution < 1.29 is 9.53 Å². The Morgan fingerprint density at radius 3 is 2.82 bits per heavy atom. The minimum Gasteiger partial charge on any atom is -0.493 e. The van der Waals surface area contributed by atoms with Gasteiger partial charge in [0.05, 0.1) is 18.7 Å². The van der Waals surface area contributed by atoms with Crippen molar-refractivity contribution >= 4 is 21.7 Å². The van der Waals surface area contributed by atoms with Gasteiger partial charge in [0, 0.05) is 4.47 Å². The second kappa shape index (κ2) is 5.65. The minimum atomic E-state index is -0.0880. The fraction of sp³-hybridized carbons (Fsp3) is 0.462. The van der Waals surface area contributed by atoms with Gasteiger partial charge in [-0.05, 0) is 37.0 Å². The van der Waals surface area contributed by atoms with Crippen molar-refractivity contribution in [3.63, 3.8) is 0 Å². The Morgan fingerprint density at radius 1 is 1.47 bits per heavy atom. The van der Waals surface area contributed by atoms with Crippen LogP contribution in [-0.4, -0.2) is 18.9 Å². The number of carbonyl (C=O) groups is 1. The molecule has 1 aromatic rings. The van der Waals surface area contributed by atoms with E-state index < -0.39 is 0 Å². The molecule has 1 aliphatic carbocycles. The van der Waals surface area contributed by atoms with E-state index in [2.05, 4.69) is 15.9 Å². The number of rotatable bonds is 5. The van der Waals surface area contributed by atoms with Gasteiger partial charge in [-0.1, -0.05) is 22.4 Å². The highest BCUT2D eigenvalue weighted by Gasteiger charge is 2.19. The first kappa shape index (κ1) is 12.6. The summed E-state index contributed by atoms with van der Waals surface area (Å²) in [6.45, 7) is 0.711. The molecule has 1 fully saturated rings. The van der Waals surface area contributed by atoms with Gasteiger partial charge >= 0.3 is 0 Å². The highest BCUT2D eigenvalue weighted by Crippen LogP contribution is 2.29. The molecule has 0 bridgehead atoms. The molecule has 0 aliphatic heterocycles. The Labute approximate surface area is 109 Å². The van der Waals surface area contributed by atoms with Crippen LogP contribution in [0.5, 0.6) is 5.75 Å². The van der Waals surface area contributed by atoms with Gasteiger partial charge in [0.15, 0.2) is 5.78 Å². The van der Waals surface area contributed by atoms with E-state index in [-0.39, 0.29) is 12.3 Å². The molecule has 0 heterocycles. The van der Waals surface area contributed by atoms with Gasteiger partial charge in [-0.2, -0.15) is 0 Å². The zero-order valence-corrected chi connectivity index (χ0v) is 11.2. The zero-order chi connectivity index (χ0) is 12.3. The summed E-state index contributed by atoms with van der Waals surface area (Å²) in [5, 5.41) is 0. The van der Waals surface area contributed by atoms with Crippen LogP contribution in [-0.2, 0) is 0 Å². The topological polar surface area (TPSA) is 52.3 Å². The molecule has 92 valence electrons. The first-order valence-corrected chi connectivity index (χ1v) is 6.65. The molecule has 0 radical (unpaired) electrons. The number of halogens is 1. The molecule has 3 nitrogen and oxygen atoms in total. The van der Waals surface area contributed by atoms with Crippen molar-refractivity contribution in [3.8, 4) is 5.75 Å². The molecule has 1 aliphatic rings. The van der Waals surface area contributed by atoms with Gasteiger partial charge in [0.25, 0.3) is 0 Å². The summed E-state index contributed by atoms with van der Waals surface area (Å²) in [4.78, 5) is 11.7. The van der Waals surface area contributed by atoms with Gasteiger partial charge in [-0.15, -0.1) is 0 Å². The maximum Gasteiger partial charge on any atom is 0.180 e. The van der Waals surface area contributed by atoms with Crippen LogP contribution in [0.4, 0.5) is 0 Å². The summed E-state index contributed by atoms with van der Waals surface area (Å²) >= 11 is 3.35. The summed E-state index contributed by atoms with van der Waals surface area (Å²) in [6.07, 6.45) is 3.76. The lowest BCUT2D eigenvalue weighted by atomic mass is 9.86. The maximum absolute atomic E-state index is 11.7. The molecule has 1 saturated carbocycles. The molecular formula is C13H16BrNO2. The van der Waals surface area contributed by atoms with E-state index in [1.807, 2.05) is 12.1 Å². The van der Waals surface area contributed by atoms with Gasteiger partial charge < -0.3 is 10.5 Å². The van der Waals surface area contributed by atoms with E-state index in [0.717, 1.165) is 4.47 Å². The van der Waals surface area contributed by atoms with E-state index in [4.69, 9.17) is 10.5 Å². The molecular weight excluding hydrogens is 282 g/mol. The smallest absolute Gasteiger partial charge is 0.180 e. The van der Waals surface area contributed by atoms with E-state index in [9.17, 15) is 4.79 Å². The van der Waals surface area contributed by atoms with Crippen LogP contribution in [0, 0.1) is 5.92 Å². The number of nitrogens with two attached hydrogens (primary N) is 1. The SMILES string of the molecule is NCC(=O)c1cc(Br)ccc1OCC1CCC1. The molecule has 0 atom stereocenters. The lowest BCUT2D eigenvalue weighted by molar-refractivity contribution is 0.0994. The van der Waals surface area contributed by atoms with Gasteiger partial charge in [0.2, 0.25) is 0 Å². The number of benzene rings is 1. The molecule has 4 heteroatoms. The Hall–Kier alpha value is -0.870. The number of ketones is 1. The minimum absolute atomic E-state index is 0.0102. The van der Waals surface area contributed by atoms with Crippen molar-refractivity contribution in [1.29, 1.82) is 0 Å². The molecule has 2 N–H and O–H groups in total. The highest BCUT2D eigenvalue weighted by atomic mass is 79.9. The van der Waals surface area contributed by atoms with Crippen molar-refractivity contribution in [1.82, 2.24) is 0 Å². The van der Waals surface area contributed by atoms with Crippen LogP contribution in [0.3, 0.4) is 0 Å². The second-order valence-electron chi connectivity index (χ2n) is 4.38. The van der Waals surface area contributed by atoms with Gasteiger partial charge in [0.1, 0.15) is 5.75 Å². The molecule has 0 aromatic heterocycles. The first-order valence-electron chi connectivity index (χ1n) is 5.86. The number of carbonyl (C=O) groups excluding carboxylic acids is 1. The van der Waals surface area contributed by atoms with E-state index >= 15 is 0 Å². The number of hydrogen-bond acceptors (Lipinski definition) is 3. The predicted octanol–water partition coefficient (Wildman–Crippen LogP) is 2.77. The lowest BCUT2D eigenvalue weighted by Gasteiger charge is -2.25.